The van der Waals surface area contributed by atoms with E-state index in [9.17, 15) is 0 Å². The molecule has 1 aliphatic carbocycles. The Kier molecular flexibility index (Phi) is 2.28. The van der Waals surface area contributed by atoms with Gasteiger partial charge in [0.2, 0.25) is 0 Å². The maximum Gasteiger partial charge on any atom is 0.0320 e. The van der Waals surface area contributed by atoms with Crippen molar-refractivity contribution in [3.8, 4) is 0 Å². The Morgan fingerprint density at radius 3 is 2.87 bits per heavy atom. The lowest BCUT2D eigenvalue weighted by molar-refractivity contribution is 0.626. The van der Waals surface area contributed by atoms with Crippen LogP contribution in [0.2, 0.25) is 0 Å². The van der Waals surface area contributed by atoms with E-state index in [0.29, 0.717) is 6.04 Å². The van der Waals surface area contributed by atoms with E-state index in [0.717, 1.165) is 5.92 Å². The van der Waals surface area contributed by atoms with Crippen molar-refractivity contribution in [2.75, 3.05) is 6.54 Å². The van der Waals surface area contributed by atoms with Crippen LogP contribution in [0.5, 0.6) is 0 Å². The minimum atomic E-state index is 0.631. The Morgan fingerprint density at radius 2 is 2.07 bits per heavy atom. The topological polar surface area (TPSA) is 12.0 Å². The van der Waals surface area contributed by atoms with Crippen molar-refractivity contribution in [2.24, 2.45) is 5.92 Å². The molecule has 2 atom stereocenters. The first-order valence-electron chi connectivity index (χ1n) is 6.18. The van der Waals surface area contributed by atoms with Gasteiger partial charge in [-0.05, 0) is 54.8 Å². The van der Waals surface area contributed by atoms with Crippen molar-refractivity contribution in [3.05, 3.63) is 34.9 Å². The van der Waals surface area contributed by atoms with Gasteiger partial charge in [0, 0.05) is 6.04 Å². The molecule has 1 heteroatoms. The van der Waals surface area contributed by atoms with Crippen molar-refractivity contribution in [3.63, 3.8) is 0 Å². The van der Waals surface area contributed by atoms with E-state index in [2.05, 4.69) is 30.4 Å². The molecule has 0 spiro atoms. The zero-order valence-corrected chi connectivity index (χ0v) is 9.42. The van der Waals surface area contributed by atoms with E-state index in [1.807, 2.05) is 0 Å². The third-order valence-corrected chi connectivity index (χ3v) is 3.83. The van der Waals surface area contributed by atoms with Crippen LogP contribution in [0.4, 0.5) is 0 Å². The molecule has 1 saturated heterocycles. The zero-order valence-electron chi connectivity index (χ0n) is 9.42. The quantitative estimate of drug-likeness (QED) is 0.736. The fourth-order valence-corrected chi connectivity index (χ4v) is 3.04. The van der Waals surface area contributed by atoms with Gasteiger partial charge >= 0.3 is 0 Å². The Balaban J connectivity index is 1.89. The summed E-state index contributed by atoms with van der Waals surface area (Å²) in [5.74, 6) is 0.854. The molecule has 1 N–H and O–H groups in total. The number of rotatable bonds is 1. The highest BCUT2D eigenvalue weighted by atomic mass is 14.9. The average molecular weight is 201 g/mol. The second-order valence-corrected chi connectivity index (χ2v) is 5.19. The third-order valence-electron chi connectivity index (χ3n) is 3.83. The summed E-state index contributed by atoms with van der Waals surface area (Å²) in [5, 5.41) is 3.58. The summed E-state index contributed by atoms with van der Waals surface area (Å²) in [5.41, 5.74) is 4.71. The molecule has 1 nitrogen and oxygen atoms in total. The molecule has 1 heterocycles. The van der Waals surface area contributed by atoms with E-state index in [-0.39, 0.29) is 0 Å². The van der Waals surface area contributed by atoms with Gasteiger partial charge in [0.15, 0.2) is 0 Å². The summed E-state index contributed by atoms with van der Waals surface area (Å²) >= 11 is 0. The van der Waals surface area contributed by atoms with Crippen LogP contribution in [0.1, 0.15) is 42.5 Å². The minimum Gasteiger partial charge on any atom is -0.310 e. The van der Waals surface area contributed by atoms with Gasteiger partial charge in [-0.25, -0.2) is 0 Å². The van der Waals surface area contributed by atoms with Crippen LogP contribution < -0.4 is 5.32 Å². The highest BCUT2D eigenvalue weighted by molar-refractivity contribution is 5.37. The first kappa shape index (κ1) is 9.41. The molecule has 15 heavy (non-hydrogen) atoms. The van der Waals surface area contributed by atoms with Crippen molar-refractivity contribution in [2.45, 2.75) is 38.6 Å². The summed E-state index contributed by atoms with van der Waals surface area (Å²) in [6.07, 6.45) is 5.22. The van der Waals surface area contributed by atoms with Gasteiger partial charge in [-0.15, -0.1) is 0 Å². The molecule has 0 amide bonds. The fraction of sp³-hybridized carbons (Fsp3) is 0.571. The Morgan fingerprint density at radius 1 is 1.20 bits per heavy atom. The van der Waals surface area contributed by atoms with Gasteiger partial charge in [-0.1, -0.05) is 25.1 Å². The van der Waals surface area contributed by atoms with Gasteiger partial charge < -0.3 is 5.32 Å². The van der Waals surface area contributed by atoms with Gasteiger partial charge in [-0.3, -0.25) is 0 Å². The number of benzene rings is 1. The number of hydrogen-bond acceptors (Lipinski definition) is 1. The van der Waals surface area contributed by atoms with E-state index in [1.165, 1.54) is 37.8 Å². The molecule has 0 bridgehead atoms. The summed E-state index contributed by atoms with van der Waals surface area (Å²) < 4.78 is 0. The van der Waals surface area contributed by atoms with E-state index < -0.39 is 0 Å². The molecule has 1 aromatic carbocycles. The van der Waals surface area contributed by atoms with Crippen LogP contribution in [0, 0.1) is 5.92 Å². The highest BCUT2D eigenvalue weighted by Crippen LogP contribution is 2.31. The molecule has 3 rings (SSSR count). The van der Waals surface area contributed by atoms with Crippen molar-refractivity contribution in [1.29, 1.82) is 0 Å². The van der Waals surface area contributed by atoms with Crippen LogP contribution >= 0.6 is 0 Å². The molecule has 1 aromatic rings. The van der Waals surface area contributed by atoms with Gasteiger partial charge in [0.05, 0.1) is 0 Å². The SMILES string of the molecule is CC1Cc2ccc(C3CCCN3)cc2C1. The minimum absolute atomic E-state index is 0.631. The highest BCUT2D eigenvalue weighted by Gasteiger charge is 2.21. The van der Waals surface area contributed by atoms with Crippen LogP contribution in [0.25, 0.3) is 0 Å². The summed E-state index contributed by atoms with van der Waals surface area (Å²) in [6.45, 7) is 3.55. The Hall–Kier alpha value is -0.820. The molecule has 2 aliphatic rings. The Bertz CT molecular complexity index is 364. The van der Waals surface area contributed by atoms with E-state index in [1.54, 1.807) is 11.1 Å². The predicted molar refractivity (Wildman–Crippen MR) is 63.0 cm³/mol. The smallest absolute Gasteiger partial charge is 0.0320 e. The fourth-order valence-electron chi connectivity index (χ4n) is 3.04. The summed E-state index contributed by atoms with van der Waals surface area (Å²) in [6, 6.07) is 7.77. The largest absolute Gasteiger partial charge is 0.310 e. The second kappa shape index (κ2) is 3.64. The summed E-state index contributed by atoms with van der Waals surface area (Å²) in [4.78, 5) is 0. The molecular weight excluding hydrogens is 182 g/mol. The van der Waals surface area contributed by atoms with Crippen LogP contribution in [0.3, 0.4) is 0 Å². The normalized spacial score (nSPS) is 29.4. The molecule has 0 saturated carbocycles. The predicted octanol–water partition coefficient (Wildman–Crippen LogP) is 2.85. The lowest BCUT2D eigenvalue weighted by Crippen LogP contribution is -2.12. The molecule has 0 radical (unpaired) electrons. The molecule has 1 aliphatic heterocycles. The summed E-state index contributed by atoms with van der Waals surface area (Å²) in [7, 11) is 0. The van der Waals surface area contributed by atoms with Crippen LogP contribution in [-0.2, 0) is 12.8 Å². The maximum atomic E-state index is 3.58. The van der Waals surface area contributed by atoms with Gasteiger partial charge in [0.1, 0.15) is 0 Å². The third kappa shape index (κ3) is 1.69. The van der Waals surface area contributed by atoms with E-state index in [4.69, 9.17) is 0 Å². The molecule has 1 fully saturated rings. The first-order chi connectivity index (χ1) is 7.33. The molecule has 0 aromatic heterocycles. The monoisotopic (exact) mass is 201 g/mol. The van der Waals surface area contributed by atoms with Crippen molar-refractivity contribution in [1.82, 2.24) is 5.32 Å². The average Bonchev–Trinajstić information content (AvgIpc) is 2.82. The Labute approximate surface area is 91.9 Å². The van der Waals surface area contributed by atoms with Gasteiger partial charge in [0.25, 0.3) is 0 Å². The molecule has 80 valence electrons. The standard InChI is InChI=1S/C14H19N/c1-10-7-11-4-5-12(9-13(11)8-10)14-3-2-6-15-14/h4-5,9-10,14-15H,2-3,6-8H2,1H3. The van der Waals surface area contributed by atoms with E-state index >= 15 is 0 Å². The maximum absolute atomic E-state index is 3.58. The van der Waals surface area contributed by atoms with Crippen molar-refractivity contribution >= 4 is 0 Å². The number of fused-ring (bicyclic) bond motifs is 1. The van der Waals surface area contributed by atoms with Gasteiger partial charge in [-0.2, -0.15) is 0 Å². The lowest BCUT2D eigenvalue weighted by atomic mass is 10.0. The van der Waals surface area contributed by atoms with Crippen LogP contribution in [0.15, 0.2) is 18.2 Å². The first-order valence-corrected chi connectivity index (χ1v) is 6.18. The molecule has 2 unspecified atom stereocenters. The zero-order chi connectivity index (χ0) is 10.3. The lowest BCUT2D eigenvalue weighted by Gasteiger charge is -2.12. The number of nitrogens with one attached hydrogen (secondary N) is 1. The van der Waals surface area contributed by atoms with Crippen molar-refractivity contribution < 1.29 is 0 Å². The second-order valence-electron chi connectivity index (χ2n) is 5.19. The number of hydrogen-bond donors (Lipinski definition) is 1. The molecular formula is C14H19N. The van der Waals surface area contributed by atoms with Crippen LogP contribution in [-0.4, -0.2) is 6.54 Å².